The Morgan fingerprint density at radius 2 is 1.96 bits per heavy atom. The Labute approximate surface area is 144 Å². The SMILES string of the molecule is COc1ccc(CSCC(=O)NCCCN2CCCCC2)cc1. The molecule has 0 aromatic heterocycles. The topological polar surface area (TPSA) is 41.6 Å². The average Bonchev–Trinajstić information content (AvgIpc) is 2.60. The van der Waals surface area contributed by atoms with Gasteiger partial charge in [-0.3, -0.25) is 4.79 Å². The summed E-state index contributed by atoms with van der Waals surface area (Å²) >= 11 is 1.65. The number of nitrogens with zero attached hydrogens (tertiary/aromatic N) is 1. The number of rotatable bonds is 9. The normalized spacial score (nSPS) is 15.3. The van der Waals surface area contributed by atoms with Crippen LogP contribution in [-0.4, -0.2) is 49.8 Å². The summed E-state index contributed by atoms with van der Waals surface area (Å²) in [6.45, 7) is 4.36. The third kappa shape index (κ3) is 7.27. The molecule has 1 aromatic rings. The molecule has 23 heavy (non-hydrogen) atoms. The van der Waals surface area contributed by atoms with Gasteiger partial charge in [-0.15, -0.1) is 11.8 Å². The Morgan fingerprint density at radius 1 is 1.22 bits per heavy atom. The van der Waals surface area contributed by atoms with Crippen molar-refractivity contribution in [2.45, 2.75) is 31.4 Å². The van der Waals surface area contributed by atoms with Crippen LogP contribution in [0.15, 0.2) is 24.3 Å². The van der Waals surface area contributed by atoms with Crippen LogP contribution >= 0.6 is 11.8 Å². The van der Waals surface area contributed by atoms with Crippen LogP contribution in [0, 0.1) is 0 Å². The van der Waals surface area contributed by atoms with Crippen LogP contribution in [0.5, 0.6) is 5.75 Å². The molecule has 0 bridgehead atoms. The van der Waals surface area contributed by atoms with Crippen molar-refractivity contribution in [1.29, 1.82) is 0 Å². The lowest BCUT2D eigenvalue weighted by Crippen LogP contribution is -2.33. The summed E-state index contributed by atoms with van der Waals surface area (Å²) in [5.41, 5.74) is 1.22. The van der Waals surface area contributed by atoms with Crippen LogP contribution in [0.2, 0.25) is 0 Å². The summed E-state index contributed by atoms with van der Waals surface area (Å²) in [5, 5.41) is 3.02. The average molecular weight is 337 g/mol. The van der Waals surface area contributed by atoms with Gasteiger partial charge >= 0.3 is 0 Å². The number of piperidine rings is 1. The fourth-order valence-corrected chi connectivity index (χ4v) is 3.57. The zero-order valence-corrected chi connectivity index (χ0v) is 14.9. The van der Waals surface area contributed by atoms with Crippen molar-refractivity contribution in [2.24, 2.45) is 0 Å². The van der Waals surface area contributed by atoms with Gasteiger partial charge in [0.05, 0.1) is 12.9 Å². The molecule has 1 saturated heterocycles. The summed E-state index contributed by atoms with van der Waals surface area (Å²) in [6.07, 6.45) is 5.08. The Kier molecular flexibility index (Phi) is 8.32. The molecule has 128 valence electrons. The van der Waals surface area contributed by atoms with Gasteiger partial charge in [-0.25, -0.2) is 0 Å². The van der Waals surface area contributed by atoms with E-state index in [0.29, 0.717) is 5.75 Å². The van der Waals surface area contributed by atoms with E-state index in [-0.39, 0.29) is 5.91 Å². The minimum Gasteiger partial charge on any atom is -0.497 e. The Bertz CT molecular complexity index is 459. The number of carbonyl (C=O) groups excluding carboxylic acids is 1. The smallest absolute Gasteiger partial charge is 0.230 e. The van der Waals surface area contributed by atoms with Crippen molar-refractivity contribution in [3.63, 3.8) is 0 Å². The van der Waals surface area contributed by atoms with E-state index in [1.54, 1.807) is 18.9 Å². The highest BCUT2D eigenvalue weighted by atomic mass is 32.2. The molecule has 1 aliphatic rings. The van der Waals surface area contributed by atoms with E-state index in [4.69, 9.17) is 4.74 Å². The van der Waals surface area contributed by atoms with E-state index in [2.05, 4.69) is 10.2 Å². The van der Waals surface area contributed by atoms with Gasteiger partial charge in [-0.1, -0.05) is 18.6 Å². The Morgan fingerprint density at radius 3 is 2.65 bits per heavy atom. The maximum Gasteiger partial charge on any atom is 0.230 e. The number of amides is 1. The molecule has 0 spiro atoms. The Hall–Kier alpha value is -1.20. The number of likely N-dealkylation sites (tertiary alicyclic amines) is 1. The number of nitrogens with one attached hydrogen (secondary N) is 1. The zero-order chi connectivity index (χ0) is 16.3. The van der Waals surface area contributed by atoms with E-state index >= 15 is 0 Å². The number of thioether (sulfide) groups is 1. The number of hydrogen-bond donors (Lipinski definition) is 1. The van der Waals surface area contributed by atoms with Gasteiger partial charge in [0.25, 0.3) is 0 Å². The second kappa shape index (κ2) is 10.6. The predicted molar refractivity (Wildman–Crippen MR) is 97.1 cm³/mol. The molecule has 2 rings (SSSR count). The molecule has 5 heteroatoms. The third-order valence-corrected chi connectivity index (χ3v) is 5.09. The highest BCUT2D eigenvalue weighted by Gasteiger charge is 2.09. The molecule has 1 fully saturated rings. The first-order chi connectivity index (χ1) is 11.3. The van der Waals surface area contributed by atoms with Crippen molar-refractivity contribution < 1.29 is 9.53 Å². The summed E-state index contributed by atoms with van der Waals surface area (Å²) in [6, 6.07) is 8.00. The number of hydrogen-bond acceptors (Lipinski definition) is 4. The molecule has 0 aliphatic carbocycles. The van der Waals surface area contributed by atoms with Gasteiger partial charge in [0.15, 0.2) is 0 Å². The van der Waals surface area contributed by atoms with Crippen molar-refractivity contribution in [3.05, 3.63) is 29.8 Å². The number of benzene rings is 1. The molecular weight excluding hydrogens is 308 g/mol. The first-order valence-electron chi connectivity index (χ1n) is 8.47. The highest BCUT2D eigenvalue weighted by molar-refractivity contribution is 7.99. The molecule has 1 amide bonds. The van der Waals surface area contributed by atoms with Crippen molar-refractivity contribution in [2.75, 3.05) is 39.0 Å². The lowest BCUT2D eigenvalue weighted by molar-refractivity contribution is -0.118. The van der Waals surface area contributed by atoms with E-state index < -0.39 is 0 Å². The van der Waals surface area contributed by atoms with Crippen LogP contribution < -0.4 is 10.1 Å². The minimum atomic E-state index is 0.141. The van der Waals surface area contributed by atoms with E-state index in [9.17, 15) is 4.79 Å². The Balaban J connectivity index is 1.50. The van der Waals surface area contributed by atoms with Gasteiger partial charge in [0, 0.05) is 12.3 Å². The molecule has 1 N–H and O–H groups in total. The number of ether oxygens (including phenoxy) is 1. The van der Waals surface area contributed by atoms with Crippen molar-refractivity contribution >= 4 is 17.7 Å². The molecule has 0 unspecified atom stereocenters. The van der Waals surface area contributed by atoms with E-state index in [0.717, 1.165) is 31.0 Å². The fraction of sp³-hybridized carbons (Fsp3) is 0.611. The molecular formula is C18H28N2O2S. The van der Waals surface area contributed by atoms with Gasteiger partial charge in [-0.2, -0.15) is 0 Å². The van der Waals surface area contributed by atoms with Crippen LogP contribution in [0.4, 0.5) is 0 Å². The standard InChI is InChI=1S/C18H28N2O2S/c1-22-17-8-6-16(7-9-17)14-23-15-18(21)19-10-5-13-20-11-3-2-4-12-20/h6-9H,2-5,10-15H2,1H3,(H,19,21). The van der Waals surface area contributed by atoms with Gasteiger partial charge in [-0.05, 0) is 56.6 Å². The summed E-state index contributed by atoms with van der Waals surface area (Å²) in [5.74, 6) is 2.38. The first kappa shape index (κ1) is 18.1. The molecule has 0 atom stereocenters. The van der Waals surface area contributed by atoms with Crippen LogP contribution in [0.1, 0.15) is 31.2 Å². The van der Waals surface area contributed by atoms with Crippen LogP contribution in [0.3, 0.4) is 0 Å². The van der Waals surface area contributed by atoms with E-state index in [1.807, 2.05) is 24.3 Å². The van der Waals surface area contributed by atoms with Crippen molar-refractivity contribution in [1.82, 2.24) is 10.2 Å². The third-order valence-electron chi connectivity index (χ3n) is 4.08. The fourth-order valence-electron chi connectivity index (χ4n) is 2.75. The van der Waals surface area contributed by atoms with Gasteiger partial charge in [0.1, 0.15) is 5.75 Å². The summed E-state index contributed by atoms with van der Waals surface area (Å²) < 4.78 is 5.14. The summed E-state index contributed by atoms with van der Waals surface area (Å²) in [7, 11) is 1.67. The van der Waals surface area contributed by atoms with Gasteiger partial charge in [0.2, 0.25) is 5.91 Å². The minimum absolute atomic E-state index is 0.141. The molecule has 1 heterocycles. The quantitative estimate of drug-likeness (QED) is 0.704. The maximum atomic E-state index is 11.8. The molecule has 1 aromatic carbocycles. The summed E-state index contributed by atoms with van der Waals surface area (Å²) in [4.78, 5) is 14.3. The van der Waals surface area contributed by atoms with Gasteiger partial charge < -0.3 is 15.0 Å². The monoisotopic (exact) mass is 336 g/mol. The molecule has 4 nitrogen and oxygen atoms in total. The second-order valence-corrected chi connectivity index (χ2v) is 6.93. The van der Waals surface area contributed by atoms with Crippen LogP contribution in [0.25, 0.3) is 0 Å². The second-order valence-electron chi connectivity index (χ2n) is 5.95. The predicted octanol–water partition coefficient (Wildman–Crippen LogP) is 2.92. The largest absolute Gasteiger partial charge is 0.497 e. The molecule has 1 aliphatic heterocycles. The maximum absolute atomic E-state index is 11.8. The lowest BCUT2D eigenvalue weighted by atomic mass is 10.1. The van der Waals surface area contributed by atoms with Crippen molar-refractivity contribution in [3.8, 4) is 5.75 Å². The first-order valence-corrected chi connectivity index (χ1v) is 9.63. The molecule has 0 radical (unpaired) electrons. The highest BCUT2D eigenvalue weighted by Crippen LogP contribution is 2.16. The lowest BCUT2D eigenvalue weighted by Gasteiger charge is -2.26. The number of methoxy groups -OCH3 is 1. The number of carbonyl (C=O) groups is 1. The van der Waals surface area contributed by atoms with Crippen LogP contribution in [-0.2, 0) is 10.5 Å². The zero-order valence-electron chi connectivity index (χ0n) is 14.1. The van der Waals surface area contributed by atoms with E-state index in [1.165, 1.54) is 37.9 Å². The molecule has 0 saturated carbocycles.